The molecule has 0 aliphatic heterocycles. The van der Waals surface area contributed by atoms with E-state index >= 15 is 0 Å². The van der Waals surface area contributed by atoms with Crippen molar-refractivity contribution in [1.82, 2.24) is 15.0 Å². The highest BCUT2D eigenvalue weighted by Gasteiger charge is 2.21. The number of rotatable bonds is 32. The lowest BCUT2D eigenvalue weighted by Gasteiger charge is -2.15. The van der Waals surface area contributed by atoms with Crippen molar-refractivity contribution in [3.05, 3.63) is 60.7 Å². The van der Waals surface area contributed by atoms with E-state index in [0.717, 1.165) is 89.9 Å². The molecular weight excluding hydrogens is 915 g/mol. The molecule has 0 saturated heterocycles. The summed E-state index contributed by atoms with van der Waals surface area (Å²) in [7, 11) is 1.56. The Morgan fingerprint density at radius 3 is 1.31 bits per heavy atom. The maximum atomic E-state index is 12.8. The Labute approximate surface area is 434 Å². The van der Waals surface area contributed by atoms with Crippen LogP contribution in [-0.2, 0) is 28.7 Å². The lowest BCUT2D eigenvalue weighted by molar-refractivity contribution is -0.151. The number of carbonyl (C=O) groups excluding carboxylic acids is 4. The van der Waals surface area contributed by atoms with Crippen LogP contribution in [0.25, 0.3) is 34.2 Å². The van der Waals surface area contributed by atoms with Crippen LogP contribution in [0.4, 0.5) is 0 Å². The number of phenolic OH excluding ortho intramolecular Hbond substituents is 2. The Balaban J connectivity index is -0.00000793. The van der Waals surface area contributed by atoms with Gasteiger partial charge in [-0.1, -0.05) is 122 Å². The van der Waals surface area contributed by atoms with E-state index < -0.39 is 18.2 Å². The van der Waals surface area contributed by atoms with Gasteiger partial charge in [-0.2, -0.15) is 0 Å². The number of carbonyl (C=O) groups is 4. The molecule has 14 heteroatoms. The number of aromatic hydroxyl groups is 2. The molecule has 0 aliphatic carbocycles. The number of hydrogen-bond acceptors (Lipinski definition) is 14. The lowest BCUT2D eigenvalue weighted by atomic mass is 10.1. The Bertz CT molecular complexity index is 2140. The number of aromatic nitrogens is 3. The summed E-state index contributed by atoms with van der Waals surface area (Å²) in [5.41, 5.74) is 1.16. The molecule has 3 aromatic carbocycles. The van der Waals surface area contributed by atoms with Crippen LogP contribution < -0.4 is 14.2 Å². The van der Waals surface area contributed by atoms with Gasteiger partial charge in [-0.25, -0.2) is 19.7 Å². The van der Waals surface area contributed by atoms with Crippen molar-refractivity contribution >= 4 is 23.5 Å². The van der Waals surface area contributed by atoms with Gasteiger partial charge >= 0.3 is 11.9 Å². The van der Waals surface area contributed by atoms with Gasteiger partial charge in [-0.05, 0) is 102 Å². The van der Waals surface area contributed by atoms with Crippen molar-refractivity contribution in [3.63, 3.8) is 0 Å². The van der Waals surface area contributed by atoms with Gasteiger partial charge in [0.05, 0.1) is 31.5 Å². The number of phenols is 2. The first-order chi connectivity index (χ1) is 31.8. The predicted octanol–water partition coefficient (Wildman–Crippen LogP) is 14.9. The molecule has 0 radical (unpaired) electrons. The number of esters is 2. The molecule has 0 amide bonds. The van der Waals surface area contributed by atoms with E-state index in [1.54, 1.807) is 76.4 Å². The van der Waals surface area contributed by atoms with E-state index in [9.17, 15) is 29.4 Å². The number of Topliss-reactive ketones (excluding diaryl/α,β-unsaturated/α-hetero) is 2. The molecule has 72 heavy (non-hydrogen) atoms. The topological polar surface area (TPSA) is 194 Å². The van der Waals surface area contributed by atoms with Crippen LogP contribution in [0.3, 0.4) is 0 Å². The van der Waals surface area contributed by atoms with E-state index in [2.05, 4.69) is 15.0 Å². The standard InChI is InChI=1S/C52H69N3O11.6CH4/c1-36(56)22-18-14-10-11-15-19-23-48(60)63-32-20-16-12-8-6-7-9-13-17-21-33-64-52(61)39(4)66-43-29-31-45(47(59)35-43)51-54-49(40-24-26-41(62-5)27-25-40)53-50(55-51)44-30-28-42(34-46(44)58)65-38(3)37(2)57;;;;;;/h24-31,34-35,38-39,58-59H,6-23,32-33H2,1-5H3;6*1H4. The SMILES string of the molecule is C.C.C.C.C.C.COc1ccc(-c2nc(-c3ccc(OC(C)C(C)=O)cc3O)nc(-c3ccc(OC(C)C(=O)OCCCCCCCCCCCCOC(=O)CCCCCCCCC(C)=O)cc3O)n2)cc1. The van der Waals surface area contributed by atoms with Gasteiger partial charge in [0, 0.05) is 30.5 Å². The third-order valence-electron chi connectivity index (χ3n) is 11.1. The average Bonchev–Trinajstić information content (AvgIpc) is 3.29. The number of unbranched alkanes of at least 4 members (excludes halogenated alkanes) is 14. The number of ether oxygens (including phenoxy) is 5. The molecule has 4 rings (SSSR count). The van der Waals surface area contributed by atoms with Crippen molar-refractivity contribution in [2.24, 2.45) is 0 Å². The van der Waals surface area contributed by atoms with Crippen molar-refractivity contribution in [2.45, 2.75) is 200 Å². The van der Waals surface area contributed by atoms with Crippen LogP contribution in [0.1, 0.15) is 188 Å². The first-order valence-electron chi connectivity index (χ1n) is 23.6. The Hall–Kier alpha value is -6.05. The fraction of sp³-hybridized carbons (Fsp3) is 0.569. The fourth-order valence-electron chi connectivity index (χ4n) is 7.09. The van der Waals surface area contributed by atoms with Crippen LogP contribution in [0.15, 0.2) is 60.7 Å². The minimum Gasteiger partial charge on any atom is -0.507 e. The zero-order valence-corrected chi connectivity index (χ0v) is 39.5. The highest BCUT2D eigenvalue weighted by atomic mass is 16.6. The maximum absolute atomic E-state index is 12.8. The van der Waals surface area contributed by atoms with Gasteiger partial charge in [0.25, 0.3) is 0 Å². The van der Waals surface area contributed by atoms with E-state index in [1.165, 1.54) is 31.9 Å². The van der Waals surface area contributed by atoms with Gasteiger partial charge in [0.15, 0.2) is 35.5 Å². The van der Waals surface area contributed by atoms with Crippen molar-refractivity contribution < 1.29 is 53.1 Å². The summed E-state index contributed by atoms with van der Waals surface area (Å²) in [5, 5.41) is 22.2. The van der Waals surface area contributed by atoms with E-state index in [0.29, 0.717) is 43.1 Å². The van der Waals surface area contributed by atoms with Crippen molar-refractivity contribution in [3.8, 4) is 62.9 Å². The smallest absolute Gasteiger partial charge is 0.347 e. The summed E-state index contributed by atoms with van der Waals surface area (Å²) in [5.74, 6) is 0.794. The Morgan fingerprint density at radius 2 is 0.875 bits per heavy atom. The minimum absolute atomic E-state index is 0. The fourth-order valence-corrected chi connectivity index (χ4v) is 7.09. The van der Waals surface area contributed by atoms with E-state index in [4.69, 9.17) is 23.7 Å². The molecule has 0 aliphatic rings. The molecule has 0 spiro atoms. The van der Waals surface area contributed by atoms with E-state index in [1.807, 2.05) is 0 Å². The van der Waals surface area contributed by atoms with E-state index in [-0.39, 0.29) is 108 Å². The molecule has 1 heterocycles. The molecule has 2 unspecified atom stereocenters. The third kappa shape index (κ3) is 25.4. The predicted molar refractivity (Wildman–Crippen MR) is 293 cm³/mol. The summed E-state index contributed by atoms with van der Waals surface area (Å²) in [6, 6.07) is 16.2. The third-order valence-corrected chi connectivity index (χ3v) is 11.1. The maximum Gasteiger partial charge on any atom is 0.347 e. The van der Waals surface area contributed by atoms with Gasteiger partial charge in [-0.15, -0.1) is 0 Å². The summed E-state index contributed by atoms with van der Waals surface area (Å²) in [6.07, 6.45) is 16.2. The second kappa shape index (κ2) is 38.6. The number of hydrogen-bond donors (Lipinski definition) is 2. The number of ketones is 2. The van der Waals surface area contributed by atoms with Crippen LogP contribution in [0.5, 0.6) is 28.7 Å². The first-order valence-corrected chi connectivity index (χ1v) is 23.6. The second-order valence-corrected chi connectivity index (χ2v) is 16.8. The number of nitrogens with zero attached hydrogens (tertiary/aromatic N) is 3. The van der Waals surface area contributed by atoms with Crippen molar-refractivity contribution in [2.75, 3.05) is 20.3 Å². The Morgan fingerprint density at radius 1 is 0.486 bits per heavy atom. The molecule has 1 aromatic heterocycles. The summed E-state index contributed by atoms with van der Waals surface area (Å²) in [4.78, 5) is 61.3. The molecule has 4 aromatic rings. The lowest BCUT2D eigenvalue weighted by Crippen LogP contribution is -2.26. The van der Waals surface area contributed by atoms with Crippen LogP contribution in [-0.4, -0.2) is 81.2 Å². The molecular formula is C58H93N3O11. The number of benzene rings is 3. The van der Waals surface area contributed by atoms with Gasteiger partial charge in [0.2, 0.25) is 0 Å². The summed E-state index contributed by atoms with van der Waals surface area (Å²) < 4.78 is 27.6. The normalized spacial score (nSPS) is 11.0. The molecule has 2 N–H and O–H groups in total. The molecule has 2 atom stereocenters. The zero-order valence-electron chi connectivity index (χ0n) is 39.5. The molecule has 14 nitrogen and oxygen atoms in total. The highest BCUT2D eigenvalue weighted by Crippen LogP contribution is 2.36. The first kappa shape index (κ1) is 70.2. The zero-order chi connectivity index (χ0) is 47.7. The van der Waals surface area contributed by atoms with Crippen LogP contribution >= 0.6 is 0 Å². The minimum atomic E-state index is -0.919. The van der Waals surface area contributed by atoms with Crippen LogP contribution in [0.2, 0.25) is 0 Å². The van der Waals surface area contributed by atoms with Gasteiger partial charge in [-0.3, -0.25) is 9.59 Å². The molecule has 0 bridgehead atoms. The largest absolute Gasteiger partial charge is 0.507 e. The molecule has 406 valence electrons. The van der Waals surface area contributed by atoms with Gasteiger partial charge in [0.1, 0.15) is 34.5 Å². The van der Waals surface area contributed by atoms with Gasteiger partial charge < -0.3 is 38.7 Å². The number of methoxy groups -OCH3 is 1. The van der Waals surface area contributed by atoms with Crippen molar-refractivity contribution in [1.29, 1.82) is 0 Å². The second-order valence-electron chi connectivity index (χ2n) is 16.8. The quantitative estimate of drug-likeness (QED) is 0.0346. The summed E-state index contributed by atoms with van der Waals surface area (Å²) >= 11 is 0. The summed E-state index contributed by atoms with van der Waals surface area (Å²) in [6.45, 7) is 7.07. The molecule has 0 fully saturated rings. The highest BCUT2D eigenvalue weighted by molar-refractivity contribution is 5.80. The Kier molecular flexibility index (Phi) is 37.6. The van der Waals surface area contributed by atoms with Crippen LogP contribution in [0, 0.1) is 0 Å². The monoisotopic (exact) mass is 1010 g/mol. The molecule has 0 saturated carbocycles. The average molecular weight is 1010 g/mol.